The quantitative estimate of drug-likeness (QED) is 0.619. The van der Waals surface area contributed by atoms with Crippen LogP contribution in [-0.4, -0.2) is 12.9 Å². The van der Waals surface area contributed by atoms with Crippen LogP contribution < -0.4 is 4.74 Å². The number of hydrogen-bond acceptors (Lipinski definition) is 2. The lowest BCUT2D eigenvalue weighted by Gasteiger charge is -2.02. The van der Waals surface area contributed by atoms with E-state index in [0.29, 0.717) is 5.56 Å². The summed E-state index contributed by atoms with van der Waals surface area (Å²) in [6, 6.07) is 14.8. The third kappa shape index (κ3) is 3.55. The summed E-state index contributed by atoms with van der Waals surface area (Å²) in [6.45, 7) is 0. The molecule has 0 N–H and O–H groups in total. The molecule has 0 amide bonds. The lowest BCUT2D eigenvalue weighted by Crippen LogP contribution is -1.92. The third-order valence-corrected chi connectivity index (χ3v) is 3.37. The minimum atomic E-state index is -0.0108. The Morgan fingerprint density at radius 1 is 1.16 bits per heavy atom. The summed E-state index contributed by atoms with van der Waals surface area (Å²) < 4.78 is 6.02. The fraction of sp³-hybridized carbons (Fsp3) is 0.0625. The molecular formula is C16H13BrO2. The summed E-state index contributed by atoms with van der Waals surface area (Å²) >= 11 is 3.45. The fourth-order valence-corrected chi connectivity index (χ4v) is 2.12. The topological polar surface area (TPSA) is 26.3 Å². The first-order valence-corrected chi connectivity index (χ1v) is 6.61. The van der Waals surface area contributed by atoms with Crippen LogP contribution in [0.3, 0.4) is 0 Å². The van der Waals surface area contributed by atoms with Crippen molar-refractivity contribution in [2.24, 2.45) is 0 Å². The minimum absolute atomic E-state index is 0.0108. The van der Waals surface area contributed by atoms with E-state index in [0.717, 1.165) is 15.8 Å². The Morgan fingerprint density at radius 3 is 2.53 bits per heavy atom. The zero-order chi connectivity index (χ0) is 13.7. The second kappa shape index (κ2) is 6.34. The van der Waals surface area contributed by atoms with Gasteiger partial charge in [0.1, 0.15) is 5.75 Å². The third-order valence-electron chi connectivity index (χ3n) is 2.68. The Hall–Kier alpha value is -1.87. The minimum Gasteiger partial charge on any atom is -0.497 e. The molecule has 0 aromatic heterocycles. The molecule has 2 aromatic rings. The number of rotatable bonds is 4. The maximum Gasteiger partial charge on any atom is 0.185 e. The fourth-order valence-electron chi connectivity index (χ4n) is 1.63. The van der Waals surface area contributed by atoms with Gasteiger partial charge in [0.25, 0.3) is 0 Å². The summed E-state index contributed by atoms with van der Waals surface area (Å²) in [4.78, 5) is 11.9. The van der Waals surface area contributed by atoms with Crippen LogP contribution in [-0.2, 0) is 0 Å². The molecule has 19 heavy (non-hydrogen) atoms. The highest BCUT2D eigenvalue weighted by Crippen LogP contribution is 2.24. The Morgan fingerprint density at radius 2 is 1.89 bits per heavy atom. The van der Waals surface area contributed by atoms with Crippen molar-refractivity contribution >= 4 is 27.8 Å². The predicted octanol–water partition coefficient (Wildman–Crippen LogP) is 4.35. The molecule has 0 fully saturated rings. The van der Waals surface area contributed by atoms with Gasteiger partial charge in [0.2, 0.25) is 0 Å². The van der Waals surface area contributed by atoms with Gasteiger partial charge in [-0.2, -0.15) is 0 Å². The molecule has 2 rings (SSSR count). The van der Waals surface area contributed by atoms with Crippen molar-refractivity contribution in [2.45, 2.75) is 0 Å². The Labute approximate surface area is 120 Å². The maximum absolute atomic E-state index is 11.9. The second-order valence-electron chi connectivity index (χ2n) is 3.95. The van der Waals surface area contributed by atoms with Crippen molar-refractivity contribution in [3.63, 3.8) is 0 Å². The Bertz CT molecular complexity index is 603. The maximum atomic E-state index is 11.9. The van der Waals surface area contributed by atoms with E-state index in [1.165, 1.54) is 0 Å². The van der Waals surface area contributed by atoms with Crippen molar-refractivity contribution in [1.29, 1.82) is 0 Å². The van der Waals surface area contributed by atoms with Crippen molar-refractivity contribution in [3.8, 4) is 5.75 Å². The van der Waals surface area contributed by atoms with E-state index in [2.05, 4.69) is 15.9 Å². The molecule has 0 radical (unpaired) electrons. The first-order valence-electron chi connectivity index (χ1n) is 5.81. The monoisotopic (exact) mass is 316 g/mol. The molecule has 0 atom stereocenters. The lowest BCUT2D eigenvalue weighted by molar-refractivity contribution is 0.104. The molecule has 0 saturated carbocycles. The number of hydrogen-bond donors (Lipinski definition) is 0. The first kappa shape index (κ1) is 13.6. The standard InChI is InChI=1S/C16H13BrO2/c1-19-14-9-7-12(15(17)11-14)8-10-16(18)13-5-3-2-4-6-13/h2-11H,1H3. The molecule has 96 valence electrons. The van der Waals surface area contributed by atoms with E-state index >= 15 is 0 Å². The van der Waals surface area contributed by atoms with Gasteiger partial charge < -0.3 is 4.74 Å². The average Bonchev–Trinajstić information content (AvgIpc) is 2.46. The van der Waals surface area contributed by atoms with Gasteiger partial charge >= 0.3 is 0 Å². The van der Waals surface area contributed by atoms with Gasteiger partial charge in [0.05, 0.1) is 7.11 Å². The molecule has 2 nitrogen and oxygen atoms in total. The van der Waals surface area contributed by atoms with Crippen LogP contribution in [0.15, 0.2) is 59.1 Å². The van der Waals surface area contributed by atoms with Crippen molar-refractivity contribution < 1.29 is 9.53 Å². The molecule has 0 heterocycles. The summed E-state index contributed by atoms with van der Waals surface area (Å²) in [5.41, 5.74) is 1.62. The van der Waals surface area contributed by atoms with E-state index in [1.54, 1.807) is 31.4 Å². The summed E-state index contributed by atoms with van der Waals surface area (Å²) in [7, 11) is 1.62. The highest BCUT2D eigenvalue weighted by Gasteiger charge is 2.02. The van der Waals surface area contributed by atoms with Crippen molar-refractivity contribution in [1.82, 2.24) is 0 Å². The highest BCUT2D eigenvalue weighted by atomic mass is 79.9. The zero-order valence-electron chi connectivity index (χ0n) is 10.5. The van der Waals surface area contributed by atoms with Crippen molar-refractivity contribution in [2.75, 3.05) is 7.11 Å². The molecule has 2 aromatic carbocycles. The smallest absolute Gasteiger partial charge is 0.185 e. The molecule has 0 unspecified atom stereocenters. The van der Waals surface area contributed by atoms with Crippen LogP contribution >= 0.6 is 15.9 Å². The number of ether oxygens (including phenoxy) is 1. The molecule has 0 spiro atoms. The number of allylic oxidation sites excluding steroid dienone is 1. The molecule has 0 saturated heterocycles. The molecule has 3 heteroatoms. The Balaban J connectivity index is 2.17. The van der Waals surface area contributed by atoms with Crippen molar-refractivity contribution in [3.05, 3.63) is 70.2 Å². The number of halogens is 1. The van der Waals surface area contributed by atoms with E-state index in [9.17, 15) is 4.79 Å². The number of ketones is 1. The summed E-state index contributed by atoms with van der Waals surface area (Å²) in [5.74, 6) is 0.765. The van der Waals surface area contributed by atoms with Gasteiger partial charge in [0, 0.05) is 10.0 Å². The van der Waals surface area contributed by atoms with Crippen LogP contribution in [0.4, 0.5) is 0 Å². The van der Waals surface area contributed by atoms with Gasteiger partial charge in [-0.25, -0.2) is 0 Å². The number of benzene rings is 2. The lowest BCUT2D eigenvalue weighted by atomic mass is 10.1. The van der Waals surface area contributed by atoms with E-state index in [4.69, 9.17) is 4.74 Å². The first-order chi connectivity index (χ1) is 9.20. The van der Waals surface area contributed by atoms with Gasteiger partial charge in [-0.05, 0) is 29.8 Å². The van der Waals surface area contributed by atoms with Crippen LogP contribution in [0.5, 0.6) is 5.75 Å². The van der Waals surface area contributed by atoms with E-state index < -0.39 is 0 Å². The molecule has 0 aliphatic carbocycles. The summed E-state index contributed by atoms with van der Waals surface area (Å²) in [6.07, 6.45) is 3.36. The second-order valence-corrected chi connectivity index (χ2v) is 4.81. The van der Waals surface area contributed by atoms with Gasteiger partial charge in [-0.15, -0.1) is 0 Å². The normalized spacial score (nSPS) is 10.6. The average molecular weight is 317 g/mol. The van der Waals surface area contributed by atoms with Crippen LogP contribution in [0.2, 0.25) is 0 Å². The van der Waals surface area contributed by atoms with Crippen LogP contribution in [0, 0.1) is 0 Å². The molecule has 0 bridgehead atoms. The number of methoxy groups -OCH3 is 1. The molecule has 0 aliphatic heterocycles. The molecule has 0 aliphatic rings. The number of carbonyl (C=O) groups excluding carboxylic acids is 1. The Kier molecular flexibility index (Phi) is 4.53. The molecular weight excluding hydrogens is 304 g/mol. The summed E-state index contributed by atoms with van der Waals surface area (Å²) in [5, 5.41) is 0. The largest absolute Gasteiger partial charge is 0.497 e. The zero-order valence-corrected chi connectivity index (χ0v) is 12.1. The van der Waals surface area contributed by atoms with Gasteiger partial charge in [0.15, 0.2) is 5.78 Å². The van der Waals surface area contributed by atoms with Gasteiger partial charge in [-0.1, -0.05) is 52.3 Å². The van der Waals surface area contributed by atoms with Crippen LogP contribution in [0.25, 0.3) is 6.08 Å². The predicted molar refractivity (Wildman–Crippen MR) is 80.5 cm³/mol. The van der Waals surface area contributed by atoms with Crippen LogP contribution in [0.1, 0.15) is 15.9 Å². The number of carbonyl (C=O) groups is 1. The highest BCUT2D eigenvalue weighted by molar-refractivity contribution is 9.10. The van der Waals surface area contributed by atoms with Gasteiger partial charge in [-0.3, -0.25) is 4.79 Å². The van der Waals surface area contributed by atoms with E-state index in [-0.39, 0.29) is 5.78 Å². The SMILES string of the molecule is COc1ccc(C=CC(=O)c2ccccc2)c(Br)c1. The van der Waals surface area contributed by atoms with E-state index in [1.807, 2.05) is 36.4 Å².